The number of rotatable bonds is 6. The lowest BCUT2D eigenvalue weighted by atomic mass is 10.1. The smallest absolute Gasteiger partial charge is 0.264 e. The summed E-state index contributed by atoms with van der Waals surface area (Å²) in [4.78, 5) is 16.4. The highest BCUT2D eigenvalue weighted by Crippen LogP contribution is 2.37. The van der Waals surface area contributed by atoms with Gasteiger partial charge in [-0.2, -0.15) is 0 Å². The first kappa shape index (κ1) is 21.4. The molecule has 2 aromatic rings. The molecule has 29 heavy (non-hydrogen) atoms. The summed E-state index contributed by atoms with van der Waals surface area (Å²) in [6.07, 6.45) is 1.29. The zero-order valence-corrected chi connectivity index (χ0v) is 17.6. The van der Waals surface area contributed by atoms with Crippen molar-refractivity contribution in [2.45, 2.75) is 31.3 Å². The number of amides is 1. The van der Waals surface area contributed by atoms with Crippen molar-refractivity contribution in [1.29, 1.82) is 0 Å². The zero-order valence-electron chi connectivity index (χ0n) is 16.0. The van der Waals surface area contributed by atoms with Crippen molar-refractivity contribution in [1.82, 2.24) is 4.98 Å². The van der Waals surface area contributed by atoms with Crippen molar-refractivity contribution < 1.29 is 23.1 Å². The summed E-state index contributed by atoms with van der Waals surface area (Å²) in [5.41, 5.74) is 0.531. The number of hydrogen-bond acceptors (Lipinski definition) is 6. The number of sulfonamides is 1. The number of nitrogens with zero attached hydrogens (tertiary/aromatic N) is 2. The number of ether oxygens (including phenoxy) is 1. The minimum Gasteiger partial charge on any atom is -0.468 e. The third kappa shape index (κ3) is 4.47. The van der Waals surface area contributed by atoms with Gasteiger partial charge in [0.1, 0.15) is 11.8 Å². The van der Waals surface area contributed by atoms with E-state index in [4.69, 9.17) is 16.3 Å². The van der Waals surface area contributed by atoms with Gasteiger partial charge in [0, 0.05) is 10.9 Å². The molecule has 0 spiro atoms. The van der Waals surface area contributed by atoms with E-state index in [1.807, 2.05) is 6.92 Å². The van der Waals surface area contributed by atoms with E-state index in [9.17, 15) is 18.3 Å². The summed E-state index contributed by atoms with van der Waals surface area (Å²) in [6.45, 7) is 3.21. The van der Waals surface area contributed by atoms with E-state index in [-0.39, 0.29) is 46.5 Å². The predicted octanol–water partition coefficient (Wildman–Crippen LogP) is 2.67. The molecule has 10 heteroatoms. The normalized spacial score (nSPS) is 17.2. The van der Waals surface area contributed by atoms with Crippen LogP contribution in [0.3, 0.4) is 0 Å². The van der Waals surface area contributed by atoms with Crippen molar-refractivity contribution in [3.05, 3.63) is 41.6 Å². The number of nitrogens with one attached hydrogen (secondary N) is 1. The Bertz CT molecular complexity index is 1010. The average Bonchev–Trinajstić information content (AvgIpc) is 2.72. The topological polar surface area (TPSA) is 109 Å². The number of halogens is 1. The molecule has 0 aliphatic carbocycles. The fourth-order valence-electron chi connectivity index (χ4n) is 2.79. The van der Waals surface area contributed by atoms with Crippen molar-refractivity contribution >= 4 is 38.9 Å². The number of benzene rings is 1. The van der Waals surface area contributed by atoms with Gasteiger partial charge in [0.15, 0.2) is 0 Å². The van der Waals surface area contributed by atoms with Gasteiger partial charge in [-0.3, -0.25) is 9.10 Å². The fourth-order valence-corrected chi connectivity index (χ4v) is 4.57. The molecular weight excluding hydrogens is 418 g/mol. The van der Waals surface area contributed by atoms with E-state index in [1.165, 1.54) is 24.4 Å². The van der Waals surface area contributed by atoms with Crippen LogP contribution >= 0.6 is 11.6 Å². The predicted molar refractivity (Wildman–Crippen MR) is 110 cm³/mol. The van der Waals surface area contributed by atoms with Crippen LogP contribution in [0.15, 0.2) is 41.4 Å². The quantitative estimate of drug-likeness (QED) is 0.716. The van der Waals surface area contributed by atoms with Crippen molar-refractivity contribution in [2.24, 2.45) is 5.92 Å². The number of aliphatic hydroxyl groups excluding tert-OH is 1. The van der Waals surface area contributed by atoms with Gasteiger partial charge in [-0.1, -0.05) is 31.5 Å². The molecule has 0 radical (unpaired) electrons. The maximum atomic E-state index is 13.3. The highest BCUT2D eigenvalue weighted by molar-refractivity contribution is 7.92. The Morgan fingerprint density at radius 2 is 2.21 bits per heavy atom. The molecule has 0 saturated carbocycles. The third-order valence-corrected chi connectivity index (χ3v) is 6.67. The van der Waals surface area contributed by atoms with Crippen LogP contribution in [0.25, 0.3) is 0 Å². The van der Waals surface area contributed by atoms with Crippen LogP contribution < -0.4 is 14.4 Å². The first-order chi connectivity index (χ1) is 13.8. The van der Waals surface area contributed by atoms with Crippen LogP contribution in [0.4, 0.5) is 11.4 Å². The lowest BCUT2D eigenvalue weighted by Gasteiger charge is -2.34. The van der Waals surface area contributed by atoms with Gasteiger partial charge in [-0.05, 0) is 30.7 Å². The number of aliphatic hydroxyl groups is 1. The van der Waals surface area contributed by atoms with Gasteiger partial charge < -0.3 is 15.2 Å². The summed E-state index contributed by atoms with van der Waals surface area (Å²) in [5.74, 6) is -0.335. The Kier molecular flexibility index (Phi) is 6.30. The van der Waals surface area contributed by atoms with E-state index in [0.29, 0.717) is 12.1 Å². The molecule has 2 atom stereocenters. The van der Waals surface area contributed by atoms with Crippen molar-refractivity contribution in [2.75, 3.05) is 22.8 Å². The summed E-state index contributed by atoms with van der Waals surface area (Å²) in [7, 11) is -4.00. The number of anilines is 2. The molecule has 156 valence electrons. The van der Waals surface area contributed by atoms with E-state index >= 15 is 0 Å². The number of fused-ring (bicyclic) bond motifs is 1. The van der Waals surface area contributed by atoms with E-state index in [2.05, 4.69) is 10.3 Å². The lowest BCUT2D eigenvalue weighted by molar-refractivity contribution is -0.119. The maximum Gasteiger partial charge on any atom is 0.264 e. The van der Waals surface area contributed by atoms with Crippen LogP contribution in [0, 0.1) is 5.92 Å². The van der Waals surface area contributed by atoms with Crippen molar-refractivity contribution in [3.63, 3.8) is 0 Å². The molecule has 2 unspecified atom stereocenters. The molecule has 1 aromatic carbocycles. The van der Waals surface area contributed by atoms with E-state index in [0.717, 1.165) is 4.31 Å². The second kappa shape index (κ2) is 8.56. The first-order valence-corrected chi connectivity index (χ1v) is 10.9. The standard InChI is InChI=1S/C19H22ClN3O5S/c1-3-12(2)18(25)22-14-8-17-19(21-9-14)28-15(11-24)10-23(17)29(26,27)16-6-4-5-13(20)7-16/h4-9,12,15,24H,3,10-11H2,1-2H3,(H,22,25). The molecule has 1 aliphatic heterocycles. The second-order valence-corrected chi connectivity index (χ2v) is 9.06. The minimum absolute atomic E-state index is 0.00332. The SMILES string of the molecule is CCC(C)C(=O)Nc1cnc2c(c1)N(S(=O)(=O)c1cccc(Cl)c1)CC(CO)O2. The molecule has 8 nitrogen and oxygen atoms in total. The molecule has 3 rings (SSSR count). The van der Waals surface area contributed by atoms with Gasteiger partial charge in [-0.25, -0.2) is 13.4 Å². The summed E-state index contributed by atoms with van der Waals surface area (Å²) in [5, 5.41) is 12.5. The number of carbonyl (C=O) groups is 1. The number of carbonyl (C=O) groups excluding carboxylic acids is 1. The first-order valence-electron chi connectivity index (χ1n) is 9.13. The molecule has 2 N–H and O–H groups in total. The van der Waals surface area contributed by atoms with Crippen LogP contribution in [0.2, 0.25) is 5.02 Å². The Hall–Kier alpha value is -2.36. The van der Waals surface area contributed by atoms with Crippen LogP contribution in [0.5, 0.6) is 5.88 Å². The van der Waals surface area contributed by atoms with Gasteiger partial charge in [0.25, 0.3) is 10.0 Å². The average molecular weight is 440 g/mol. The summed E-state index contributed by atoms with van der Waals surface area (Å²) in [6, 6.07) is 7.40. The van der Waals surface area contributed by atoms with Gasteiger partial charge in [0.2, 0.25) is 11.8 Å². The maximum absolute atomic E-state index is 13.3. The zero-order chi connectivity index (χ0) is 21.2. The highest BCUT2D eigenvalue weighted by atomic mass is 35.5. The van der Waals surface area contributed by atoms with Crippen LogP contribution in [0.1, 0.15) is 20.3 Å². The molecule has 0 bridgehead atoms. The largest absolute Gasteiger partial charge is 0.468 e. The Balaban J connectivity index is 2.03. The Morgan fingerprint density at radius 1 is 1.45 bits per heavy atom. The van der Waals surface area contributed by atoms with Gasteiger partial charge >= 0.3 is 0 Å². The number of aromatic nitrogens is 1. The number of pyridine rings is 1. The van der Waals surface area contributed by atoms with Crippen LogP contribution in [-0.2, 0) is 14.8 Å². The molecule has 1 aliphatic rings. The molecule has 1 amide bonds. The van der Waals surface area contributed by atoms with E-state index < -0.39 is 16.1 Å². The molecule has 0 saturated heterocycles. The number of hydrogen-bond donors (Lipinski definition) is 2. The summed E-state index contributed by atoms with van der Waals surface area (Å²) < 4.78 is 33.2. The summed E-state index contributed by atoms with van der Waals surface area (Å²) >= 11 is 5.96. The molecule has 1 aromatic heterocycles. The Labute approximate surface area is 174 Å². The lowest BCUT2D eigenvalue weighted by Crippen LogP contribution is -2.45. The molecular formula is C19H22ClN3O5S. The van der Waals surface area contributed by atoms with Gasteiger partial charge in [-0.15, -0.1) is 0 Å². The second-order valence-electron chi connectivity index (χ2n) is 6.76. The third-order valence-electron chi connectivity index (χ3n) is 4.66. The van der Waals surface area contributed by atoms with Crippen molar-refractivity contribution in [3.8, 4) is 5.88 Å². The van der Waals surface area contributed by atoms with Crippen LogP contribution in [-0.4, -0.2) is 43.7 Å². The molecule has 0 fully saturated rings. The highest BCUT2D eigenvalue weighted by Gasteiger charge is 2.35. The monoisotopic (exact) mass is 439 g/mol. The van der Waals surface area contributed by atoms with Gasteiger partial charge in [0.05, 0.1) is 29.9 Å². The Morgan fingerprint density at radius 3 is 2.86 bits per heavy atom. The molecule has 2 heterocycles. The minimum atomic E-state index is -4.00. The fraction of sp³-hybridized carbons (Fsp3) is 0.368. The van der Waals surface area contributed by atoms with E-state index in [1.54, 1.807) is 19.1 Å².